The second-order valence-electron chi connectivity index (χ2n) is 7.43. The van der Waals surface area contributed by atoms with E-state index in [9.17, 15) is 8.78 Å². The van der Waals surface area contributed by atoms with Crippen molar-refractivity contribution in [2.45, 2.75) is 12.6 Å². The molecule has 0 bridgehead atoms. The number of halogens is 2. The number of aromatic amines is 1. The highest BCUT2D eigenvalue weighted by molar-refractivity contribution is 5.59. The molecule has 1 aromatic heterocycles. The van der Waals surface area contributed by atoms with Crippen LogP contribution < -0.4 is 4.90 Å². The first kappa shape index (κ1) is 19.5. The van der Waals surface area contributed by atoms with Crippen LogP contribution in [-0.4, -0.2) is 48.7 Å². The summed E-state index contributed by atoms with van der Waals surface area (Å²) in [7, 11) is 4.04. The molecule has 5 nitrogen and oxygen atoms in total. The van der Waals surface area contributed by atoms with Gasteiger partial charge in [0.15, 0.2) is 0 Å². The fourth-order valence-corrected chi connectivity index (χ4v) is 3.56. The second kappa shape index (κ2) is 8.31. The lowest BCUT2D eigenvalue weighted by molar-refractivity contribution is -0.0156. The summed E-state index contributed by atoms with van der Waals surface area (Å²) in [5, 5.41) is 0. The van der Waals surface area contributed by atoms with E-state index in [-0.39, 0.29) is 6.04 Å². The first-order valence-electron chi connectivity index (χ1n) is 9.59. The first-order chi connectivity index (χ1) is 14.0. The maximum atomic E-state index is 14.1. The third-order valence-electron chi connectivity index (χ3n) is 5.21. The predicted octanol–water partition coefficient (Wildman–Crippen LogP) is 3.99. The van der Waals surface area contributed by atoms with Gasteiger partial charge in [0, 0.05) is 44.5 Å². The van der Waals surface area contributed by atoms with Crippen LogP contribution in [0.4, 0.5) is 14.5 Å². The number of hydrogen-bond acceptors (Lipinski definition) is 4. The summed E-state index contributed by atoms with van der Waals surface area (Å²) in [5.74, 6) is -0.496. The molecule has 0 aliphatic carbocycles. The molecule has 1 aliphatic rings. The lowest BCUT2D eigenvalue weighted by Crippen LogP contribution is -2.39. The van der Waals surface area contributed by atoms with Crippen molar-refractivity contribution in [1.29, 1.82) is 0 Å². The van der Waals surface area contributed by atoms with Crippen molar-refractivity contribution in [2.24, 2.45) is 0 Å². The molecule has 1 unspecified atom stereocenters. The summed E-state index contributed by atoms with van der Waals surface area (Å²) < 4.78 is 33.0. The van der Waals surface area contributed by atoms with Crippen LogP contribution in [0.5, 0.6) is 0 Å². The Labute approximate surface area is 168 Å². The van der Waals surface area contributed by atoms with Gasteiger partial charge in [-0.2, -0.15) is 0 Å². The summed E-state index contributed by atoms with van der Waals surface area (Å²) in [6.07, 6.45) is 1.59. The third-order valence-corrected chi connectivity index (χ3v) is 5.21. The minimum Gasteiger partial charge on any atom is -0.378 e. The van der Waals surface area contributed by atoms with E-state index in [1.165, 1.54) is 17.7 Å². The average molecular weight is 398 g/mol. The lowest BCUT2D eigenvalue weighted by Gasteiger charge is -2.34. The Morgan fingerprint density at radius 2 is 1.97 bits per heavy atom. The molecule has 1 fully saturated rings. The molecule has 0 spiro atoms. The molecule has 0 saturated carbocycles. The highest BCUT2D eigenvalue weighted by Gasteiger charge is 2.27. The topological polar surface area (TPSA) is 44.4 Å². The van der Waals surface area contributed by atoms with E-state index < -0.39 is 11.6 Å². The van der Waals surface area contributed by atoms with E-state index in [1.807, 2.05) is 14.1 Å². The van der Waals surface area contributed by atoms with Gasteiger partial charge in [-0.3, -0.25) is 4.90 Å². The van der Waals surface area contributed by atoms with E-state index in [4.69, 9.17) is 4.74 Å². The van der Waals surface area contributed by atoms with Crippen LogP contribution in [0.15, 0.2) is 48.7 Å². The van der Waals surface area contributed by atoms with Crippen molar-refractivity contribution >= 4 is 5.69 Å². The molecule has 0 radical (unpaired) electrons. The summed E-state index contributed by atoms with van der Waals surface area (Å²) in [5.41, 5.74) is 3.19. The van der Waals surface area contributed by atoms with Gasteiger partial charge in [-0.25, -0.2) is 13.8 Å². The van der Waals surface area contributed by atoms with E-state index in [2.05, 4.69) is 44.0 Å². The highest BCUT2D eigenvalue weighted by Crippen LogP contribution is 2.28. The van der Waals surface area contributed by atoms with Crippen LogP contribution in [0.2, 0.25) is 0 Å². The average Bonchev–Trinajstić information content (AvgIpc) is 3.18. The monoisotopic (exact) mass is 398 g/mol. The molecule has 152 valence electrons. The number of ether oxygens (including phenoxy) is 1. The number of H-pyrrole nitrogens is 1. The van der Waals surface area contributed by atoms with Crippen LogP contribution in [0, 0.1) is 11.6 Å². The van der Waals surface area contributed by atoms with Gasteiger partial charge in [0.05, 0.1) is 31.1 Å². The van der Waals surface area contributed by atoms with E-state index >= 15 is 0 Å². The van der Waals surface area contributed by atoms with Crippen LogP contribution in [0.25, 0.3) is 11.3 Å². The molecular formula is C22H24F2N4O. The number of nitrogens with one attached hydrogen (secondary N) is 1. The van der Waals surface area contributed by atoms with Crippen molar-refractivity contribution in [3.63, 3.8) is 0 Å². The van der Waals surface area contributed by atoms with Gasteiger partial charge >= 0.3 is 0 Å². The van der Waals surface area contributed by atoms with Crippen molar-refractivity contribution in [3.8, 4) is 11.3 Å². The maximum Gasteiger partial charge on any atom is 0.135 e. The zero-order chi connectivity index (χ0) is 20.4. The molecule has 2 aromatic carbocycles. The fraction of sp³-hybridized carbons (Fsp3) is 0.318. The predicted molar refractivity (Wildman–Crippen MR) is 109 cm³/mol. The van der Waals surface area contributed by atoms with Gasteiger partial charge in [-0.1, -0.05) is 12.1 Å². The minimum atomic E-state index is -0.613. The fourth-order valence-electron chi connectivity index (χ4n) is 3.56. The summed E-state index contributed by atoms with van der Waals surface area (Å²) >= 11 is 0. The number of rotatable bonds is 5. The van der Waals surface area contributed by atoms with Crippen molar-refractivity contribution in [1.82, 2.24) is 14.9 Å². The SMILES string of the molecule is CN(C)c1ccc(CN2CCOCC2c2ncc(-c3ccc(F)cc3F)[nH]2)cc1. The molecule has 1 N–H and O–H groups in total. The first-order valence-corrected chi connectivity index (χ1v) is 9.59. The number of imidazole rings is 1. The molecule has 29 heavy (non-hydrogen) atoms. The van der Waals surface area contributed by atoms with Crippen LogP contribution in [0.3, 0.4) is 0 Å². The molecule has 7 heteroatoms. The zero-order valence-electron chi connectivity index (χ0n) is 16.5. The van der Waals surface area contributed by atoms with E-state index in [0.29, 0.717) is 30.3 Å². The molecular weight excluding hydrogens is 374 g/mol. The van der Waals surface area contributed by atoms with E-state index in [0.717, 1.165) is 24.8 Å². The van der Waals surface area contributed by atoms with Gasteiger partial charge in [0.25, 0.3) is 0 Å². The third kappa shape index (κ3) is 4.31. The maximum absolute atomic E-state index is 14.1. The number of morpholine rings is 1. The number of hydrogen-bond donors (Lipinski definition) is 1. The molecule has 1 saturated heterocycles. The summed E-state index contributed by atoms with van der Waals surface area (Å²) in [6, 6.07) is 11.9. The molecule has 1 aliphatic heterocycles. The number of aromatic nitrogens is 2. The Morgan fingerprint density at radius 3 is 2.69 bits per heavy atom. The van der Waals surface area contributed by atoms with Gasteiger partial charge in [-0.15, -0.1) is 0 Å². The van der Waals surface area contributed by atoms with E-state index in [1.54, 1.807) is 6.20 Å². The lowest BCUT2D eigenvalue weighted by atomic mass is 10.1. The number of anilines is 1. The van der Waals surface area contributed by atoms with Gasteiger partial charge in [-0.05, 0) is 29.8 Å². The molecule has 2 heterocycles. The largest absolute Gasteiger partial charge is 0.378 e. The Kier molecular flexibility index (Phi) is 5.60. The smallest absolute Gasteiger partial charge is 0.135 e. The summed E-state index contributed by atoms with van der Waals surface area (Å²) in [6.45, 7) is 2.71. The van der Waals surface area contributed by atoms with Gasteiger partial charge < -0.3 is 14.6 Å². The Morgan fingerprint density at radius 1 is 1.17 bits per heavy atom. The highest BCUT2D eigenvalue weighted by atomic mass is 19.1. The van der Waals surface area contributed by atoms with Crippen molar-refractivity contribution in [2.75, 3.05) is 38.8 Å². The number of nitrogens with zero attached hydrogens (tertiary/aromatic N) is 3. The summed E-state index contributed by atoms with van der Waals surface area (Å²) in [4.78, 5) is 12.0. The van der Waals surface area contributed by atoms with Crippen LogP contribution >= 0.6 is 0 Å². The second-order valence-corrected chi connectivity index (χ2v) is 7.43. The standard InChI is InChI=1S/C22H24F2N4O/c1-27(2)17-6-3-15(4-7-17)13-28-9-10-29-14-21(28)22-25-12-20(26-22)18-8-5-16(23)11-19(18)24/h3-8,11-12,21H,9-10,13-14H2,1-2H3,(H,25,26). The number of benzene rings is 2. The Hall–Kier alpha value is -2.77. The normalized spacial score (nSPS) is 17.4. The van der Waals surface area contributed by atoms with Crippen LogP contribution in [-0.2, 0) is 11.3 Å². The Bertz CT molecular complexity index is 971. The molecule has 4 rings (SSSR count). The zero-order valence-corrected chi connectivity index (χ0v) is 16.5. The van der Waals surface area contributed by atoms with Gasteiger partial charge in [0.2, 0.25) is 0 Å². The van der Waals surface area contributed by atoms with Crippen molar-refractivity contribution in [3.05, 3.63) is 71.7 Å². The molecule has 0 amide bonds. The minimum absolute atomic E-state index is 0.0606. The Balaban J connectivity index is 1.54. The van der Waals surface area contributed by atoms with Crippen LogP contribution in [0.1, 0.15) is 17.4 Å². The molecule has 1 atom stereocenters. The molecule has 3 aromatic rings. The van der Waals surface area contributed by atoms with Crippen molar-refractivity contribution < 1.29 is 13.5 Å². The quantitative estimate of drug-likeness (QED) is 0.706. The van der Waals surface area contributed by atoms with Gasteiger partial charge in [0.1, 0.15) is 17.5 Å².